The van der Waals surface area contributed by atoms with Gasteiger partial charge in [-0.05, 0) is 48.7 Å². The topological polar surface area (TPSA) is 81.4 Å². The predicted molar refractivity (Wildman–Crippen MR) is 106 cm³/mol. The van der Waals surface area contributed by atoms with Gasteiger partial charge >= 0.3 is 0 Å². The number of sulfonamides is 1. The summed E-state index contributed by atoms with van der Waals surface area (Å²) in [5, 5.41) is 0. The maximum absolute atomic E-state index is 12.3. The van der Waals surface area contributed by atoms with Crippen LogP contribution in [-0.2, 0) is 16.4 Å². The van der Waals surface area contributed by atoms with E-state index in [4.69, 9.17) is 10.5 Å². The van der Waals surface area contributed by atoms with Crippen molar-refractivity contribution in [2.24, 2.45) is 0 Å². The summed E-state index contributed by atoms with van der Waals surface area (Å²) in [7, 11) is -3.53. The first kappa shape index (κ1) is 20.3. The normalized spacial score (nSPS) is 11.4. The highest BCUT2D eigenvalue weighted by atomic mass is 32.2. The van der Waals surface area contributed by atoms with Gasteiger partial charge in [0.15, 0.2) is 0 Å². The van der Waals surface area contributed by atoms with E-state index in [1.807, 2.05) is 24.3 Å². The molecule has 0 unspecified atom stereocenters. The summed E-state index contributed by atoms with van der Waals surface area (Å²) in [6, 6.07) is 13.9. The van der Waals surface area contributed by atoms with Gasteiger partial charge in [-0.3, -0.25) is 0 Å². The molecule has 142 valence electrons. The molecule has 0 amide bonds. The molecule has 3 N–H and O–H groups in total. The monoisotopic (exact) mass is 376 g/mol. The number of hydrogen-bond acceptors (Lipinski definition) is 4. The van der Waals surface area contributed by atoms with Crippen molar-refractivity contribution in [3.8, 4) is 5.75 Å². The third-order valence-corrected chi connectivity index (χ3v) is 5.58. The van der Waals surface area contributed by atoms with Gasteiger partial charge in [-0.1, -0.05) is 44.4 Å². The van der Waals surface area contributed by atoms with Gasteiger partial charge in [0.2, 0.25) is 10.0 Å². The Labute approximate surface area is 156 Å². The van der Waals surface area contributed by atoms with Crippen LogP contribution in [0.3, 0.4) is 0 Å². The molecule has 5 nitrogen and oxygen atoms in total. The lowest BCUT2D eigenvalue weighted by molar-refractivity contribution is 0.302. The Kier molecular flexibility index (Phi) is 7.94. The summed E-state index contributed by atoms with van der Waals surface area (Å²) in [4.78, 5) is 0.215. The molecular weight excluding hydrogens is 348 g/mol. The first-order valence-corrected chi connectivity index (χ1v) is 10.6. The molecule has 0 saturated carbocycles. The fourth-order valence-electron chi connectivity index (χ4n) is 2.61. The summed E-state index contributed by atoms with van der Waals surface area (Å²) >= 11 is 0. The minimum absolute atomic E-state index is 0.215. The molecule has 0 aliphatic carbocycles. The molecule has 0 aliphatic rings. The molecule has 2 rings (SSSR count). The number of ether oxygens (including phenoxy) is 1. The van der Waals surface area contributed by atoms with Crippen LogP contribution in [0.5, 0.6) is 5.75 Å². The number of para-hydroxylation sites is 1. The van der Waals surface area contributed by atoms with E-state index in [0.717, 1.165) is 17.7 Å². The van der Waals surface area contributed by atoms with Gasteiger partial charge in [0.1, 0.15) is 5.75 Å². The van der Waals surface area contributed by atoms with Crippen LogP contribution in [0.25, 0.3) is 0 Å². The number of benzene rings is 2. The summed E-state index contributed by atoms with van der Waals surface area (Å²) in [6.07, 6.45) is 5.19. The molecule has 0 bridgehead atoms. The Morgan fingerprint density at radius 1 is 1.00 bits per heavy atom. The third kappa shape index (κ3) is 6.35. The molecular formula is C20H28N2O3S. The van der Waals surface area contributed by atoms with Gasteiger partial charge in [-0.2, -0.15) is 0 Å². The molecule has 6 heteroatoms. The Balaban J connectivity index is 1.88. The highest BCUT2D eigenvalue weighted by molar-refractivity contribution is 7.89. The molecule has 0 aromatic heterocycles. The van der Waals surface area contributed by atoms with E-state index in [9.17, 15) is 8.42 Å². The van der Waals surface area contributed by atoms with E-state index in [0.29, 0.717) is 25.3 Å². The van der Waals surface area contributed by atoms with Crippen molar-refractivity contribution in [1.29, 1.82) is 0 Å². The van der Waals surface area contributed by atoms with Gasteiger partial charge in [0.05, 0.1) is 11.5 Å². The highest BCUT2D eigenvalue weighted by Gasteiger charge is 2.13. The molecule has 0 spiro atoms. The maximum Gasteiger partial charge on any atom is 0.240 e. The SMILES string of the molecule is CCCCCCOc1ccccc1CCNS(=O)(=O)c1ccc(N)cc1. The van der Waals surface area contributed by atoms with Crippen molar-refractivity contribution in [3.63, 3.8) is 0 Å². The maximum atomic E-state index is 12.3. The lowest BCUT2D eigenvalue weighted by atomic mass is 10.1. The van der Waals surface area contributed by atoms with Gasteiger partial charge in [0, 0.05) is 12.2 Å². The van der Waals surface area contributed by atoms with Crippen molar-refractivity contribution in [2.75, 3.05) is 18.9 Å². The van der Waals surface area contributed by atoms with E-state index < -0.39 is 10.0 Å². The van der Waals surface area contributed by atoms with Crippen molar-refractivity contribution in [2.45, 2.75) is 43.9 Å². The Morgan fingerprint density at radius 3 is 2.46 bits per heavy atom. The highest BCUT2D eigenvalue weighted by Crippen LogP contribution is 2.19. The quantitative estimate of drug-likeness (QED) is 0.462. The second-order valence-electron chi connectivity index (χ2n) is 6.23. The summed E-state index contributed by atoms with van der Waals surface area (Å²) < 4.78 is 33.1. The lowest BCUT2D eigenvalue weighted by Crippen LogP contribution is -2.26. The van der Waals surface area contributed by atoms with E-state index in [1.54, 1.807) is 12.1 Å². The van der Waals surface area contributed by atoms with E-state index in [1.165, 1.54) is 31.4 Å². The number of unbranched alkanes of at least 4 members (excludes halogenated alkanes) is 3. The number of rotatable bonds is 11. The van der Waals surface area contributed by atoms with E-state index >= 15 is 0 Å². The van der Waals surface area contributed by atoms with Gasteiger partial charge in [-0.15, -0.1) is 0 Å². The van der Waals surface area contributed by atoms with Crippen LogP contribution in [-0.4, -0.2) is 21.6 Å². The number of nitrogen functional groups attached to an aromatic ring is 1. The van der Waals surface area contributed by atoms with Crippen molar-refractivity contribution < 1.29 is 13.2 Å². The number of nitrogens with one attached hydrogen (secondary N) is 1. The number of nitrogens with two attached hydrogens (primary N) is 1. The summed E-state index contributed by atoms with van der Waals surface area (Å²) in [5.41, 5.74) is 7.14. The average Bonchev–Trinajstić information content (AvgIpc) is 2.63. The Bertz CT molecular complexity index is 774. The van der Waals surface area contributed by atoms with Crippen molar-refractivity contribution >= 4 is 15.7 Å². The largest absolute Gasteiger partial charge is 0.493 e. The number of anilines is 1. The lowest BCUT2D eigenvalue weighted by Gasteiger charge is -2.12. The molecule has 0 radical (unpaired) electrons. The van der Waals surface area contributed by atoms with Crippen LogP contribution in [0.2, 0.25) is 0 Å². The second kappa shape index (κ2) is 10.2. The average molecular weight is 377 g/mol. The van der Waals surface area contributed by atoms with Crippen LogP contribution in [0.1, 0.15) is 38.2 Å². The molecule has 26 heavy (non-hydrogen) atoms. The molecule has 0 atom stereocenters. The Hall–Kier alpha value is -2.05. The fourth-order valence-corrected chi connectivity index (χ4v) is 3.64. The summed E-state index contributed by atoms with van der Waals surface area (Å²) in [6.45, 7) is 3.18. The molecule has 0 fully saturated rings. The third-order valence-electron chi connectivity index (χ3n) is 4.10. The smallest absolute Gasteiger partial charge is 0.240 e. The molecule has 2 aromatic rings. The predicted octanol–water partition coefficient (Wildman–Crippen LogP) is 3.75. The van der Waals surface area contributed by atoms with E-state index in [-0.39, 0.29) is 4.90 Å². The van der Waals surface area contributed by atoms with Crippen molar-refractivity contribution in [1.82, 2.24) is 4.72 Å². The molecule has 0 heterocycles. The van der Waals surface area contributed by atoms with Gasteiger partial charge in [0.25, 0.3) is 0 Å². The standard InChI is InChI=1S/C20H28N2O3S/c1-2-3-4-7-16-25-20-9-6-5-8-17(20)14-15-22-26(23,24)19-12-10-18(21)11-13-19/h5-6,8-13,22H,2-4,7,14-16,21H2,1H3. The van der Waals surface area contributed by atoms with Crippen LogP contribution < -0.4 is 15.2 Å². The molecule has 0 saturated heterocycles. The van der Waals surface area contributed by atoms with Crippen molar-refractivity contribution in [3.05, 3.63) is 54.1 Å². The zero-order valence-corrected chi connectivity index (χ0v) is 16.1. The fraction of sp³-hybridized carbons (Fsp3) is 0.400. The van der Waals surface area contributed by atoms with Gasteiger partial charge in [-0.25, -0.2) is 13.1 Å². The second-order valence-corrected chi connectivity index (χ2v) is 8.00. The van der Waals surface area contributed by atoms with Crippen LogP contribution in [0.15, 0.2) is 53.4 Å². The van der Waals surface area contributed by atoms with Gasteiger partial charge < -0.3 is 10.5 Å². The molecule has 2 aromatic carbocycles. The zero-order chi connectivity index (χ0) is 18.8. The van der Waals surface area contributed by atoms with Crippen LogP contribution in [0.4, 0.5) is 5.69 Å². The van der Waals surface area contributed by atoms with E-state index in [2.05, 4.69) is 11.6 Å². The first-order valence-electron chi connectivity index (χ1n) is 9.09. The first-order chi connectivity index (χ1) is 12.5. The van der Waals surface area contributed by atoms with Crippen LogP contribution >= 0.6 is 0 Å². The molecule has 0 aliphatic heterocycles. The Morgan fingerprint density at radius 2 is 1.73 bits per heavy atom. The minimum Gasteiger partial charge on any atom is -0.493 e. The minimum atomic E-state index is -3.53. The van der Waals surface area contributed by atoms with Crippen LogP contribution in [0, 0.1) is 0 Å². The number of hydrogen-bond donors (Lipinski definition) is 2. The summed E-state index contributed by atoms with van der Waals surface area (Å²) in [5.74, 6) is 0.829. The zero-order valence-electron chi connectivity index (χ0n) is 15.3.